The van der Waals surface area contributed by atoms with Crippen molar-refractivity contribution in [3.63, 3.8) is 0 Å². The molecular formula is C28H36N6O3. The number of anilines is 1. The minimum Gasteiger partial charge on any atom is -0.390 e. The number of carbonyl (C=O) groups excluding carboxylic acids is 2. The van der Waals surface area contributed by atoms with Gasteiger partial charge in [-0.1, -0.05) is 24.3 Å². The highest BCUT2D eigenvalue weighted by Crippen LogP contribution is 2.32. The Morgan fingerprint density at radius 2 is 1.68 bits per heavy atom. The van der Waals surface area contributed by atoms with Crippen molar-refractivity contribution in [3.8, 4) is 0 Å². The largest absolute Gasteiger partial charge is 0.390 e. The van der Waals surface area contributed by atoms with Gasteiger partial charge in [0, 0.05) is 63.3 Å². The molecule has 4 aliphatic rings. The van der Waals surface area contributed by atoms with Gasteiger partial charge < -0.3 is 20.2 Å². The molecule has 2 N–H and O–H groups in total. The molecule has 2 atom stereocenters. The van der Waals surface area contributed by atoms with E-state index in [9.17, 15) is 14.7 Å². The summed E-state index contributed by atoms with van der Waals surface area (Å²) in [6, 6.07) is 10.5. The van der Waals surface area contributed by atoms with Crippen LogP contribution >= 0.6 is 0 Å². The van der Waals surface area contributed by atoms with Crippen LogP contribution in [0.5, 0.6) is 0 Å². The van der Waals surface area contributed by atoms with Gasteiger partial charge in [-0.15, -0.1) is 0 Å². The van der Waals surface area contributed by atoms with Crippen molar-refractivity contribution in [2.75, 3.05) is 38.0 Å². The number of nitrogens with zero attached hydrogens (tertiary/aromatic N) is 5. The van der Waals surface area contributed by atoms with Gasteiger partial charge in [0.25, 0.3) is 5.91 Å². The van der Waals surface area contributed by atoms with E-state index in [2.05, 4.69) is 44.5 Å². The molecule has 3 aliphatic heterocycles. The summed E-state index contributed by atoms with van der Waals surface area (Å²) in [5.74, 6) is 1.04. The summed E-state index contributed by atoms with van der Waals surface area (Å²) in [5.41, 5.74) is 3.07. The minimum absolute atomic E-state index is 0.0534. The number of fused-ring (bicyclic) bond motifs is 1. The number of hydrogen-bond donors (Lipinski definition) is 2. The summed E-state index contributed by atoms with van der Waals surface area (Å²) in [4.78, 5) is 40.2. The van der Waals surface area contributed by atoms with Gasteiger partial charge >= 0.3 is 0 Å². The van der Waals surface area contributed by atoms with E-state index in [4.69, 9.17) is 0 Å². The molecule has 9 heteroatoms. The average Bonchev–Trinajstić information content (AvgIpc) is 3.78. The smallest absolute Gasteiger partial charge is 0.272 e. The van der Waals surface area contributed by atoms with E-state index in [1.807, 2.05) is 4.90 Å². The van der Waals surface area contributed by atoms with Crippen LogP contribution in [0.2, 0.25) is 0 Å². The van der Waals surface area contributed by atoms with Gasteiger partial charge in [-0.05, 0) is 49.7 Å². The minimum atomic E-state index is -0.592. The fraction of sp³-hybridized carbons (Fsp3) is 0.571. The van der Waals surface area contributed by atoms with Crippen LogP contribution in [0, 0.1) is 5.92 Å². The molecule has 2 aromatic rings. The lowest BCUT2D eigenvalue weighted by atomic mass is 9.94. The number of β-amino-alcohol motifs (C(OH)–C–C–N with tert-alkyl or cyclic N) is 1. The van der Waals surface area contributed by atoms with E-state index in [-0.39, 0.29) is 23.9 Å². The first-order valence-electron chi connectivity index (χ1n) is 13.7. The Balaban J connectivity index is 1.03. The maximum Gasteiger partial charge on any atom is 0.272 e. The number of rotatable bonds is 5. The van der Waals surface area contributed by atoms with E-state index in [0.717, 1.165) is 64.7 Å². The van der Waals surface area contributed by atoms with E-state index >= 15 is 0 Å². The number of carbonyl (C=O) groups is 2. The molecule has 3 fully saturated rings. The third-order valence-corrected chi connectivity index (χ3v) is 8.43. The lowest BCUT2D eigenvalue weighted by Crippen LogP contribution is -2.56. The summed E-state index contributed by atoms with van der Waals surface area (Å²) in [7, 11) is 0. The molecule has 196 valence electrons. The van der Waals surface area contributed by atoms with Gasteiger partial charge in [0.15, 0.2) is 0 Å². The lowest BCUT2D eigenvalue weighted by molar-refractivity contribution is -0.133. The molecule has 4 heterocycles. The molecule has 1 saturated carbocycles. The number of aliphatic hydroxyl groups excluding tert-OH is 1. The van der Waals surface area contributed by atoms with Crippen molar-refractivity contribution in [1.82, 2.24) is 24.7 Å². The molecule has 1 aliphatic carbocycles. The molecule has 37 heavy (non-hydrogen) atoms. The first-order valence-corrected chi connectivity index (χ1v) is 13.7. The summed E-state index contributed by atoms with van der Waals surface area (Å²) in [5, 5.41) is 14.4. The number of benzene rings is 1. The van der Waals surface area contributed by atoms with Crippen LogP contribution in [0.25, 0.3) is 0 Å². The Morgan fingerprint density at radius 1 is 0.919 bits per heavy atom. The van der Waals surface area contributed by atoms with E-state index in [1.165, 1.54) is 17.5 Å². The molecule has 1 aromatic heterocycles. The monoisotopic (exact) mass is 504 g/mol. The van der Waals surface area contributed by atoms with Crippen LogP contribution in [0.15, 0.2) is 36.7 Å². The van der Waals surface area contributed by atoms with Crippen LogP contribution in [-0.4, -0.2) is 92.5 Å². The van der Waals surface area contributed by atoms with E-state index in [0.29, 0.717) is 30.5 Å². The standard InChI is InChI=1S/C28H36N6O3/c35-25-17-34(14-10-24(25)33-11-7-19-3-1-2-4-21(19)16-33)28(37)23-15-26(30-18-29-23)31-22-8-12-32(13-9-22)27(36)20-5-6-20/h1-4,15,18,20,22,24-25,35H,5-14,16-17H2,(H,29,30,31). The zero-order valence-corrected chi connectivity index (χ0v) is 21.3. The zero-order chi connectivity index (χ0) is 25.4. The van der Waals surface area contributed by atoms with Gasteiger partial charge in [0.1, 0.15) is 17.8 Å². The second-order valence-electron chi connectivity index (χ2n) is 11.0. The number of likely N-dealkylation sites (tertiary alicyclic amines) is 2. The fourth-order valence-corrected chi connectivity index (χ4v) is 6.09. The molecule has 9 nitrogen and oxygen atoms in total. The molecular weight excluding hydrogens is 468 g/mol. The Hall–Kier alpha value is -3.04. The fourth-order valence-electron chi connectivity index (χ4n) is 6.09. The average molecular weight is 505 g/mol. The number of piperidine rings is 2. The van der Waals surface area contributed by atoms with Crippen LogP contribution in [0.4, 0.5) is 5.82 Å². The van der Waals surface area contributed by atoms with Gasteiger partial charge in [-0.2, -0.15) is 0 Å². The van der Waals surface area contributed by atoms with Crippen LogP contribution < -0.4 is 5.32 Å². The van der Waals surface area contributed by atoms with E-state index in [1.54, 1.807) is 11.0 Å². The zero-order valence-electron chi connectivity index (χ0n) is 21.3. The summed E-state index contributed by atoms with van der Waals surface area (Å²) in [6.07, 6.45) is 6.38. The van der Waals surface area contributed by atoms with Gasteiger partial charge in [-0.3, -0.25) is 14.5 Å². The first kappa shape index (κ1) is 24.3. The summed E-state index contributed by atoms with van der Waals surface area (Å²) >= 11 is 0. The second-order valence-corrected chi connectivity index (χ2v) is 11.0. The second kappa shape index (κ2) is 10.4. The Kier molecular flexibility index (Phi) is 6.82. The summed E-state index contributed by atoms with van der Waals surface area (Å²) in [6.45, 7) is 4.21. The van der Waals surface area contributed by atoms with Gasteiger partial charge in [-0.25, -0.2) is 9.97 Å². The predicted molar refractivity (Wildman–Crippen MR) is 139 cm³/mol. The Labute approximate surface area is 217 Å². The number of aliphatic hydroxyl groups is 1. The number of nitrogens with one attached hydrogen (secondary N) is 1. The van der Waals surface area contributed by atoms with Crippen LogP contribution in [0.3, 0.4) is 0 Å². The molecule has 2 saturated heterocycles. The van der Waals surface area contributed by atoms with Crippen molar-refractivity contribution in [2.24, 2.45) is 5.92 Å². The quantitative estimate of drug-likeness (QED) is 0.642. The SMILES string of the molecule is O=C(c1cc(NC2CCN(C(=O)C3CC3)CC2)ncn1)N1CCC(N2CCc3ccccc3C2)C(O)C1. The Morgan fingerprint density at radius 3 is 2.43 bits per heavy atom. The third kappa shape index (κ3) is 5.33. The molecule has 0 radical (unpaired) electrons. The van der Waals surface area contributed by atoms with Crippen molar-refractivity contribution in [3.05, 3.63) is 53.5 Å². The molecule has 2 unspecified atom stereocenters. The third-order valence-electron chi connectivity index (χ3n) is 8.43. The van der Waals surface area contributed by atoms with Crippen LogP contribution in [-0.2, 0) is 17.8 Å². The van der Waals surface area contributed by atoms with E-state index < -0.39 is 6.10 Å². The van der Waals surface area contributed by atoms with Crippen LogP contribution in [0.1, 0.15) is 53.7 Å². The topological polar surface area (TPSA) is 102 Å². The maximum atomic E-state index is 13.3. The van der Waals surface area contributed by atoms with Gasteiger partial charge in [0.2, 0.25) is 5.91 Å². The highest BCUT2D eigenvalue weighted by atomic mass is 16.3. The van der Waals surface area contributed by atoms with Gasteiger partial charge in [0.05, 0.1) is 6.10 Å². The van der Waals surface area contributed by atoms with Crippen molar-refractivity contribution < 1.29 is 14.7 Å². The molecule has 0 spiro atoms. The maximum absolute atomic E-state index is 13.3. The molecule has 2 amide bonds. The van der Waals surface area contributed by atoms with Crippen molar-refractivity contribution in [1.29, 1.82) is 0 Å². The number of aromatic nitrogens is 2. The highest BCUT2D eigenvalue weighted by Gasteiger charge is 2.36. The van der Waals surface area contributed by atoms with Crippen molar-refractivity contribution in [2.45, 2.75) is 63.3 Å². The summed E-state index contributed by atoms with van der Waals surface area (Å²) < 4.78 is 0. The molecule has 0 bridgehead atoms. The highest BCUT2D eigenvalue weighted by molar-refractivity contribution is 5.93. The first-order chi connectivity index (χ1) is 18.0. The normalized spacial score (nSPS) is 25.0. The molecule has 1 aromatic carbocycles. The van der Waals surface area contributed by atoms with Crippen molar-refractivity contribution >= 4 is 17.6 Å². The predicted octanol–water partition coefficient (Wildman–Crippen LogP) is 1.92. The molecule has 6 rings (SSSR count). The number of amides is 2. The lowest BCUT2D eigenvalue weighted by Gasteiger charge is -2.43. The Bertz CT molecular complexity index is 1150. The number of hydrogen-bond acceptors (Lipinski definition) is 7.